The molecule has 2 heterocycles. The highest BCUT2D eigenvalue weighted by Gasteiger charge is 2.25. The number of benzene rings is 2. The van der Waals surface area contributed by atoms with Gasteiger partial charge in [0.25, 0.3) is 0 Å². The predicted octanol–water partition coefficient (Wildman–Crippen LogP) is 3.90. The molecule has 172 valence electrons. The number of aromatic nitrogens is 2. The van der Waals surface area contributed by atoms with Crippen LogP contribution < -0.4 is 15.0 Å². The third-order valence-electron chi connectivity index (χ3n) is 5.96. The monoisotopic (exact) mass is 445 g/mol. The first-order chi connectivity index (χ1) is 16.1. The van der Waals surface area contributed by atoms with Crippen molar-refractivity contribution in [1.29, 1.82) is 0 Å². The molecule has 4 rings (SSSR count). The minimum Gasteiger partial charge on any atom is -0.497 e. The number of anilines is 1. The second kappa shape index (κ2) is 10.3. The summed E-state index contributed by atoms with van der Waals surface area (Å²) < 4.78 is 5.30. The second-order valence-electron chi connectivity index (χ2n) is 8.14. The molecule has 1 aliphatic heterocycles. The zero-order valence-electron chi connectivity index (χ0n) is 19.5. The third-order valence-corrected chi connectivity index (χ3v) is 5.96. The molecule has 7 heteroatoms. The highest BCUT2D eigenvalue weighted by atomic mass is 16.5. The van der Waals surface area contributed by atoms with Crippen LogP contribution in [0, 0.1) is 6.92 Å². The number of ether oxygens (including phenoxy) is 1. The van der Waals surface area contributed by atoms with Gasteiger partial charge in [-0.05, 0) is 31.5 Å². The highest BCUT2D eigenvalue weighted by molar-refractivity contribution is 5.74. The number of aryl methyl sites for hydroxylation is 1. The van der Waals surface area contributed by atoms with Gasteiger partial charge >= 0.3 is 6.03 Å². The number of nitrogens with one attached hydrogen (secondary N) is 1. The van der Waals surface area contributed by atoms with Crippen molar-refractivity contribution in [2.75, 3.05) is 44.7 Å². The van der Waals surface area contributed by atoms with Gasteiger partial charge in [-0.2, -0.15) is 0 Å². The van der Waals surface area contributed by atoms with Crippen LogP contribution in [0.2, 0.25) is 0 Å². The molecular weight excluding hydrogens is 414 g/mol. The Bertz CT molecular complexity index is 1080. The first-order valence-electron chi connectivity index (χ1n) is 11.4. The van der Waals surface area contributed by atoms with Crippen molar-refractivity contribution in [2.45, 2.75) is 20.3 Å². The Kier molecular flexibility index (Phi) is 7.07. The summed E-state index contributed by atoms with van der Waals surface area (Å²) in [7, 11) is 1.67. The Balaban J connectivity index is 1.66. The maximum atomic E-state index is 12.3. The summed E-state index contributed by atoms with van der Waals surface area (Å²) in [6.07, 6.45) is 0.733. The smallest absolute Gasteiger partial charge is 0.317 e. The van der Waals surface area contributed by atoms with Gasteiger partial charge in [0.15, 0.2) is 5.82 Å². The maximum absolute atomic E-state index is 12.3. The van der Waals surface area contributed by atoms with E-state index in [1.54, 1.807) is 7.11 Å². The molecule has 1 fully saturated rings. The Morgan fingerprint density at radius 1 is 1.00 bits per heavy atom. The van der Waals surface area contributed by atoms with Crippen LogP contribution in [0.1, 0.15) is 23.7 Å². The number of piperazine rings is 1. The fourth-order valence-electron chi connectivity index (χ4n) is 4.10. The summed E-state index contributed by atoms with van der Waals surface area (Å²) in [5.74, 6) is 2.52. The summed E-state index contributed by atoms with van der Waals surface area (Å²) in [6, 6.07) is 18.2. The van der Waals surface area contributed by atoms with Crippen LogP contribution in [-0.4, -0.2) is 60.7 Å². The molecule has 0 aliphatic carbocycles. The lowest BCUT2D eigenvalue weighted by atomic mass is 10.0. The van der Waals surface area contributed by atoms with Gasteiger partial charge in [-0.1, -0.05) is 42.5 Å². The lowest BCUT2D eigenvalue weighted by molar-refractivity contribution is 0.195. The molecule has 7 nitrogen and oxygen atoms in total. The number of hydrogen-bond donors (Lipinski definition) is 1. The van der Waals surface area contributed by atoms with Crippen molar-refractivity contribution in [3.8, 4) is 17.1 Å². The van der Waals surface area contributed by atoms with Gasteiger partial charge in [0.2, 0.25) is 0 Å². The zero-order chi connectivity index (χ0) is 23.2. The summed E-state index contributed by atoms with van der Waals surface area (Å²) in [5.41, 5.74) is 4.27. The molecular formula is C26H31N5O2. The van der Waals surface area contributed by atoms with Crippen LogP contribution >= 0.6 is 0 Å². The molecule has 1 N–H and O–H groups in total. The predicted molar refractivity (Wildman–Crippen MR) is 131 cm³/mol. The minimum absolute atomic E-state index is 0.000510. The number of rotatable bonds is 6. The van der Waals surface area contributed by atoms with Crippen LogP contribution in [0.25, 0.3) is 11.4 Å². The van der Waals surface area contributed by atoms with E-state index in [1.165, 1.54) is 5.56 Å². The molecule has 3 aromatic rings. The van der Waals surface area contributed by atoms with Crippen molar-refractivity contribution >= 4 is 11.8 Å². The summed E-state index contributed by atoms with van der Waals surface area (Å²) in [4.78, 5) is 26.3. The van der Waals surface area contributed by atoms with Gasteiger partial charge in [0.1, 0.15) is 11.6 Å². The number of urea groups is 1. The molecule has 1 aromatic heterocycles. The highest BCUT2D eigenvalue weighted by Crippen LogP contribution is 2.28. The lowest BCUT2D eigenvalue weighted by Crippen LogP contribution is -2.52. The average molecular weight is 446 g/mol. The standard InChI is InChI=1S/C26H31N5O2/c1-4-27-26(32)31-16-14-30(15-17-31)25-23(18-20-10-12-22(33-3)13-11-20)19(2)28-24(29-25)21-8-6-5-7-9-21/h5-13H,4,14-18H2,1-3H3,(H,27,32). The van der Waals surface area contributed by atoms with E-state index in [2.05, 4.69) is 29.3 Å². The number of carbonyl (C=O) groups is 1. The van der Waals surface area contributed by atoms with E-state index in [1.807, 2.05) is 54.3 Å². The molecule has 0 radical (unpaired) electrons. The summed E-state index contributed by atoms with van der Waals surface area (Å²) >= 11 is 0. The van der Waals surface area contributed by atoms with E-state index in [4.69, 9.17) is 14.7 Å². The van der Waals surface area contributed by atoms with Gasteiger partial charge in [-0.3, -0.25) is 0 Å². The molecule has 0 unspecified atom stereocenters. The zero-order valence-corrected chi connectivity index (χ0v) is 19.5. The number of nitrogens with zero attached hydrogens (tertiary/aromatic N) is 4. The van der Waals surface area contributed by atoms with Crippen molar-refractivity contribution in [1.82, 2.24) is 20.2 Å². The van der Waals surface area contributed by atoms with Crippen LogP contribution in [0.15, 0.2) is 54.6 Å². The Hall–Kier alpha value is -3.61. The number of amides is 2. The van der Waals surface area contributed by atoms with Crippen molar-refractivity contribution in [3.63, 3.8) is 0 Å². The first kappa shape index (κ1) is 22.6. The molecule has 33 heavy (non-hydrogen) atoms. The SMILES string of the molecule is CCNC(=O)N1CCN(c2nc(-c3ccccc3)nc(C)c2Cc2ccc(OC)cc2)CC1. The Morgan fingerprint density at radius 2 is 1.70 bits per heavy atom. The van der Waals surface area contributed by atoms with Crippen molar-refractivity contribution in [3.05, 3.63) is 71.4 Å². The van der Waals surface area contributed by atoms with E-state index >= 15 is 0 Å². The molecule has 0 saturated carbocycles. The molecule has 0 bridgehead atoms. The number of carbonyl (C=O) groups excluding carboxylic acids is 1. The molecule has 2 amide bonds. The Morgan fingerprint density at radius 3 is 2.33 bits per heavy atom. The van der Waals surface area contributed by atoms with Gasteiger partial charge in [-0.15, -0.1) is 0 Å². The first-order valence-corrected chi connectivity index (χ1v) is 11.4. The summed E-state index contributed by atoms with van der Waals surface area (Å²) in [6.45, 7) is 7.43. The van der Waals surface area contributed by atoms with Crippen LogP contribution in [-0.2, 0) is 6.42 Å². The van der Waals surface area contributed by atoms with Crippen LogP contribution in [0.4, 0.5) is 10.6 Å². The van der Waals surface area contributed by atoms with Crippen molar-refractivity contribution < 1.29 is 9.53 Å². The second-order valence-corrected chi connectivity index (χ2v) is 8.14. The fourth-order valence-corrected chi connectivity index (χ4v) is 4.10. The largest absolute Gasteiger partial charge is 0.497 e. The van der Waals surface area contributed by atoms with E-state index in [0.29, 0.717) is 19.6 Å². The average Bonchev–Trinajstić information content (AvgIpc) is 2.86. The molecule has 1 aliphatic rings. The minimum atomic E-state index is -0.000510. The van der Waals surface area contributed by atoms with Crippen LogP contribution in [0.5, 0.6) is 5.75 Å². The molecule has 0 atom stereocenters. The van der Waals surface area contributed by atoms with Gasteiger partial charge in [-0.25, -0.2) is 14.8 Å². The maximum Gasteiger partial charge on any atom is 0.317 e. The lowest BCUT2D eigenvalue weighted by Gasteiger charge is -2.36. The van der Waals surface area contributed by atoms with Gasteiger partial charge in [0.05, 0.1) is 7.11 Å². The molecule has 0 spiro atoms. The van der Waals surface area contributed by atoms with E-state index in [9.17, 15) is 4.79 Å². The number of methoxy groups -OCH3 is 1. The fraction of sp³-hybridized carbons (Fsp3) is 0.346. The normalized spacial score (nSPS) is 13.7. The van der Waals surface area contributed by atoms with E-state index < -0.39 is 0 Å². The van der Waals surface area contributed by atoms with Crippen molar-refractivity contribution in [2.24, 2.45) is 0 Å². The quantitative estimate of drug-likeness (QED) is 0.623. The van der Waals surface area contributed by atoms with Crippen LogP contribution in [0.3, 0.4) is 0 Å². The summed E-state index contributed by atoms with van der Waals surface area (Å²) in [5, 5.41) is 2.90. The molecule has 2 aromatic carbocycles. The third kappa shape index (κ3) is 5.25. The van der Waals surface area contributed by atoms with E-state index in [-0.39, 0.29) is 6.03 Å². The topological polar surface area (TPSA) is 70.6 Å². The molecule has 1 saturated heterocycles. The number of hydrogen-bond acceptors (Lipinski definition) is 5. The van der Waals surface area contributed by atoms with Gasteiger partial charge < -0.3 is 19.9 Å². The van der Waals surface area contributed by atoms with E-state index in [0.717, 1.165) is 53.7 Å². The Labute approximate surface area is 195 Å². The van der Waals surface area contributed by atoms with Gasteiger partial charge in [0, 0.05) is 56.0 Å².